The minimum absolute atomic E-state index is 0.00648. The quantitative estimate of drug-likeness (QED) is 0.861. The van der Waals surface area contributed by atoms with Gasteiger partial charge in [-0.2, -0.15) is 5.10 Å². The Morgan fingerprint density at radius 3 is 2.44 bits per heavy atom. The third-order valence-electron chi connectivity index (χ3n) is 4.42. The van der Waals surface area contributed by atoms with Crippen molar-refractivity contribution in [2.45, 2.75) is 66.8 Å². The van der Waals surface area contributed by atoms with Gasteiger partial charge in [0, 0.05) is 23.5 Å². The van der Waals surface area contributed by atoms with Crippen LogP contribution < -0.4 is 5.32 Å². The molecule has 0 aliphatic heterocycles. The molecule has 1 N–H and O–H groups in total. The van der Waals surface area contributed by atoms with E-state index in [2.05, 4.69) is 51.1 Å². The first kappa shape index (κ1) is 19.2. The molecule has 1 aromatic carbocycles. The first-order valence-electron chi connectivity index (χ1n) is 9.01. The Kier molecular flexibility index (Phi) is 5.71. The molecule has 4 heteroatoms. The Hall–Kier alpha value is -2.10. The van der Waals surface area contributed by atoms with Gasteiger partial charge in [0.25, 0.3) is 0 Å². The SMILES string of the molecule is Cc1nn(CC(C)C)c(C)c1CC(=O)Nc1ccccc1C(C)(C)C. The Bertz CT molecular complexity index is 751. The molecule has 0 bridgehead atoms. The molecule has 0 aliphatic rings. The number of aryl methyl sites for hydroxylation is 1. The van der Waals surface area contributed by atoms with E-state index in [1.165, 1.54) is 0 Å². The topological polar surface area (TPSA) is 46.9 Å². The van der Waals surface area contributed by atoms with Gasteiger partial charge in [0.15, 0.2) is 0 Å². The number of rotatable bonds is 5. The van der Waals surface area contributed by atoms with Crippen LogP contribution in [0.3, 0.4) is 0 Å². The van der Waals surface area contributed by atoms with Crippen molar-refractivity contribution in [3.8, 4) is 0 Å². The predicted molar refractivity (Wildman–Crippen MR) is 104 cm³/mol. The number of nitrogens with zero attached hydrogens (tertiary/aromatic N) is 2. The lowest BCUT2D eigenvalue weighted by molar-refractivity contribution is -0.115. The number of hydrogen-bond donors (Lipinski definition) is 1. The van der Waals surface area contributed by atoms with E-state index in [4.69, 9.17) is 0 Å². The fourth-order valence-electron chi connectivity index (χ4n) is 3.11. The first-order valence-corrected chi connectivity index (χ1v) is 9.01. The number of amides is 1. The molecule has 136 valence electrons. The summed E-state index contributed by atoms with van der Waals surface area (Å²) in [6.07, 6.45) is 0.355. The van der Waals surface area contributed by atoms with E-state index in [9.17, 15) is 4.79 Å². The largest absolute Gasteiger partial charge is 0.326 e. The zero-order chi connectivity index (χ0) is 18.8. The fraction of sp³-hybridized carbons (Fsp3) is 0.524. The highest BCUT2D eigenvalue weighted by molar-refractivity contribution is 5.93. The van der Waals surface area contributed by atoms with Crippen LogP contribution in [-0.2, 0) is 23.2 Å². The minimum Gasteiger partial charge on any atom is -0.326 e. The molecule has 2 rings (SSSR count). The van der Waals surface area contributed by atoms with E-state index in [0.29, 0.717) is 12.3 Å². The van der Waals surface area contributed by atoms with Gasteiger partial charge in [-0.25, -0.2) is 0 Å². The zero-order valence-corrected chi connectivity index (χ0v) is 16.6. The molecule has 0 spiro atoms. The molecule has 1 heterocycles. The van der Waals surface area contributed by atoms with Crippen LogP contribution in [-0.4, -0.2) is 15.7 Å². The summed E-state index contributed by atoms with van der Waals surface area (Å²) in [5, 5.41) is 7.70. The maximum Gasteiger partial charge on any atom is 0.228 e. The van der Waals surface area contributed by atoms with Gasteiger partial charge < -0.3 is 5.32 Å². The monoisotopic (exact) mass is 341 g/mol. The number of nitrogens with one attached hydrogen (secondary N) is 1. The summed E-state index contributed by atoms with van der Waals surface area (Å²) in [4.78, 5) is 12.6. The number of carbonyl (C=O) groups excluding carboxylic acids is 1. The number of para-hydroxylation sites is 1. The number of aromatic nitrogens is 2. The van der Waals surface area contributed by atoms with Crippen LogP contribution in [0.25, 0.3) is 0 Å². The van der Waals surface area contributed by atoms with Crippen LogP contribution >= 0.6 is 0 Å². The average Bonchev–Trinajstić information content (AvgIpc) is 2.73. The molecule has 25 heavy (non-hydrogen) atoms. The van der Waals surface area contributed by atoms with Crippen LogP contribution in [0, 0.1) is 19.8 Å². The molecule has 2 aromatic rings. The van der Waals surface area contributed by atoms with Gasteiger partial charge in [0.1, 0.15) is 0 Å². The molecule has 0 atom stereocenters. The summed E-state index contributed by atoms with van der Waals surface area (Å²) in [6.45, 7) is 15.7. The van der Waals surface area contributed by atoms with Crippen molar-refractivity contribution in [2.24, 2.45) is 5.92 Å². The van der Waals surface area contributed by atoms with E-state index in [1.54, 1.807) is 0 Å². The smallest absolute Gasteiger partial charge is 0.228 e. The van der Waals surface area contributed by atoms with Gasteiger partial charge in [0.2, 0.25) is 5.91 Å². The van der Waals surface area contributed by atoms with Gasteiger partial charge >= 0.3 is 0 Å². The van der Waals surface area contributed by atoms with E-state index in [-0.39, 0.29) is 11.3 Å². The summed E-state index contributed by atoms with van der Waals surface area (Å²) < 4.78 is 2.02. The van der Waals surface area contributed by atoms with Crippen LogP contribution in [0.5, 0.6) is 0 Å². The summed E-state index contributed by atoms with van der Waals surface area (Å²) in [7, 11) is 0. The van der Waals surface area contributed by atoms with Crippen molar-refractivity contribution in [1.29, 1.82) is 0 Å². The fourth-order valence-corrected chi connectivity index (χ4v) is 3.11. The second kappa shape index (κ2) is 7.42. The summed E-state index contributed by atoms with van der Waals surface area (Å²) >= 11 is 0. The van der Waals surface area contributed by atoms with Gasteiger partial charge in [-0.3, -0.25) is 9.48 Å². The minimum atomic E-state index is -0.0160. The molecule has 0 radical (unpaired) electrons. The van der Waals surface area contributed by atoms with Crippen LogP contribution in [0.15, 0.2) is 24.3 Å². The highest BCUT2D eigenvalue weighted by atomic mass is 16.1. The summed E-state index contributed by atoms with van der Waals surface area (Å²) in [5.74, 6) is 0.533. The summed E-state index contributed by atoms with van der Waals surface area (Å²) in [6, 6.07) is 8.02. The van der Waals surface area contributed by atoms with Crippen LogP contribution in [0.2, 0.25) is 0 Å². The second-order valence-electron chi connectivity index (χ2n) is 8.25. The molecule has 0 saturated heterocycles. The van der Waals surface area contributed by atoms with Crippen LogP contribution in [0.1, 0.15) is 57.1 Å². The van der Waals surface area contributed by atoms with Crippen molar-refractivity contribution in [3.05, 3.63) is 46.8 Å². The maximum atomic E-state index is 12.6. The molecular formula is C21H31N3O. The summed E-state index contributed by atoms with van der Waals surface area (Å²) in [5.41, 5.74) is 5.09. The Morgan fingerprint density at radius 1 is 1.20 bits per heavy atom. The lowest BCUT2D eigenvalue weighted by Gasteiger charge is -2.23. The number of anilines is 1. The number of carbonyl (C=O) groups is 1. The van der Waals surface area contributed by atoms with E-state index in [1.807, 2.05) is 36.7 Å². The lowest BCUT2D eigenvalue weighted by atomic mass is 9.86. The van der Waals surface area contributed by atoms with E-state index < -0.39 is 0 Å². The molecule has 0 unspecified atom stereocenters. The third kappa shape index (κ3) is 4.71. The van der Waals surface area contributed by atoms with Crippen molar-refractivity contribution >= 4 is 11.6 Å². The Morgan fingerprint density at radius 2 is 1.84 bits per heavy atom. The Labute approximate surface area is 151 Å². The van der Waals surface area contributed by atoms with Gasteiger partial charge in [0.05, 0.1) is 12.1 Å². The van der Waals surface area contributed by atoms with E-state index >= 15 is 0 Å². The third-order valence-corrected chi connectivity index (χ3v) is 4.42. The molecule has 0 aliphatic carbocycles. The van der Waals surface area contributed by atoms with Crippen molar-refractivity contribution < 1.29 is 4.79 Å². The molecule has 4 nitrogen and oxygen atoms in total. The maximum absolute atomic E-state index is 12.6. The first-order chi connectivity index (χ1) is 11.6. The van der Waals surface area contributed by atoms with Gasteiger partial charge in [-0.15, -0.1) is 0 Å². The zero-order valence-electron chi connectivity index (χ0n) is 16.6. The van der Waals surface area contributed by atoms with Gasteiger partial charge in [-0.05, 0) is 36.8 Å². The molecular weight excluding hydrogens is 310 g/mol. The Balaban J connectivity index is 2.18. The van der Waals surface area contributed by atoms with Crippen molar-refractivity contribution in [1.82, 2.24) is 9.78 Å². The molecule has 1 amide bonds. The molecule has 1 aromatic heterocycles. The van der Waals surface area contributed by atoms with E-state index in [0.717, 1.165) is 34.7 Å². The normalized spacial score (nSPS) is 11.8. The second-order valence-corrected chi connectivity index (χ2v) is 8.25. The van der Waals surface area contributed by atoms with Crippen molar-refractivity contribution in [3.63, 3.8) is 0 Å². The highest BCUT2D eigenvalue weighted by Gasteiger charge is 2.20. The predicted octanol–water partition coefficient (Wildman–Crippen LogP) is 4.63. The number of hydrogen-bond acceptors (Lipinski definition) is 2. The number of benzene rings is 1. The van der Waals surface area contributed by atoms with Crippen molar-refractivity contribution in [2.75, 3.05) is 5.32 Å². The van der Waals surface area contributed by atoms with Gasteiger partial charge in [-0.1, -0.05) is 52.8 Å². The standard InChI is InChI=1S/C21H31N3O/c1-14(2)13-24-16(4)17(15(3)23-24)12-20(25)22-19-11-9-8-10-18(19)21(5,6)7/h8-11,14H,12-13H2,1-7H3,(H,22,25). The average molecular weight is 341 g/mol. The molecule has 0 fully saturated rings. The molecule has 0 saturated carbocycles. The highest BCUT2D eigenvalue weighted by Crippen LogP contribution is 2.29. The lowest BCUT2D eigenvalue weighted by Crippen LogP contribution is -2.20. The van der Waals surface area contributed by atoms with Crippen LogP contribution in [0.4, 0.5) is 5.69 Å².